The second-order valence-corrected chi connectivity index (χ2v) is 16.5. The van der Waals surface area contributed by atoms with Crippen LogP contribution >= 0.6 is 11.3 Å². The monoisotopic (exact) mass is 738 g/mol. The number of hydrogen-bond donors (Lipinski definition) is 2. The van der Waals surface area contributed by atoms with E-state index in [9.17, 15) is 0 Å². The van der Waals surface area contributed by atoms with Crippen molar-refractivity contribution in [2.24, 2.45) is 5.73 Å². The van der Waals surface area contributed by atoms with Gasteiger partial charge < -0.3 is 11.1 Å². The predicted molar refractivity (Wildman–Crippen MR) is 240 cm³/mol. The zero-order chi connectivity index (χ0) is 37.8. The molecule has 270 valence electrons. The lowest BCUT2D eigenvalue weighted by Gasteiger charge is -2.22. The summed E-state index contributed by atoms with van der Waals surface area (Å²) in [6.45, 7) is 4.72. The normalized spacial score (nSPS) is 13.9. The van der Waals surface area contributed by atoms with Gasteiger partial charge in [-0.3, -0.25) is 0 Å². The molecule has 1 heterocycles. The maximum absolute atomic E-state index is 6.86. The molecule has 0 aliphatic heterocycles. The van der Waals surface area contributed by atoms with E-state index in [4.69, 9.17) is 5.73 Å². The molecular formula is C53H42N2S. The van der Waals surface area contributed by atoms with E-state index in [1.807, 2.05) is 29.5 Å². The van der Waals surface area contributed by atoms with Crippen LogP contribution in [0.1, 0.15) is 47.8 Å². The van der Waals surface area contributed by atoms with E-state index in [-0.39, 0.29) is 11.6 Å². The molecule has 1 unspecified atom stereocenters. The SMILES string of the molecule is CC1(C)c2cc3ccccc3cc2-c2c(-c3ccc(/C(=C/Cc4ccccc4-c4cccc5c4sc4ccccc45)NC(N)c4ccccc4)cc3)cccc21. The second-order valence-electron chi connectivity index (χ2n) is 15.5. The van der Waals surface area contributed by atoms with Crippen LogP contribution in [-0.4, -0.2) is 0 Å². The van der Waals surface area contributed by atoms with E-state index >= 15 is 0 Å². The number of rotatable bonds is 8. The highest BCUT2D eigenvalue weighted by atomic mass is 32.1. The molecule has 0 bridgehead atoms. The minimum Gasteiger partial charge on any atom is -0.366 e. The molecule has 1 aliphatic rings. The van der Waals surface area contributed by atoms with Gasteiger partial charge in [0.2, 0.25) is 0 Å². The van der Waals surface area contributed by atoms with E-state index < -0.39 is 0 Å². The lowest BCUT2D eigenvalue weighted by Crippen LogP contribution is -2.27. The first-order chi connectivity index (χ1) is 27.4. The predicted octanol–water partition coefficient (Wildman–Crippen LogP) is 13.7. The minimum atomic E-state index is -0.365. The average Bonchev–Trinajstić information content (AvgIpc) is 3.74. The highest BCUT2D eigenvalue weighted by molar-refractivity contribution is 7.26. The maximum atomic E-state index is 6.86. The van der Waals surface area contributed by atoms with E-state index in [2.05, 4.69) is 183 Å². The van der Waals surface area contributed by atoms with Crippen molar-refractivity contribution in [3.8, 4) is 33.4 Å². The summed E-state index contributed by atoms with van der Waals surface area (Å²) in [4.78, 5) is 0. The van der Waals surface area contributed by atoms with Crippen LogP contribution in [0.3, 0.4) is 0 Å². The highest BCUT2D eigenvalue weighted by Crippen LogP contribution is 2.53. The summed E-state index contributed by atoms with van der Waals surface area (Å²) in [5, 5.41) is 8.91. The van der Waals surface area contributed by atoms with Crippen molar-refractivity contribution in [1.82, 2.24) is 5.32 Å². The largest absolute Gasteiger partial charge is 0.366 e. The molecular weight excluding hydrogens is 697 g/mol. The third kappa shape index (κ3) is 5.83. The molecule has 10 rings (SSSR count). The van der Waals surface area contributed by atoms with Gasteiger partial charge in [0.15, 0.2) is 0 Å². The Morgan fingerprint density at radius 1 is 0.607 bits per heavy atom. The summed E-state index contributed by atoms with van der Waals surface area (Å²) in [6, 6.07) is 63.9. The van der Waals surface area contributed by atoms with Gasteiger partial charge in [-0.25, -0.2) is 0 Å². The smallest absolute Gasteiger partial charge is 0.101 e. The molecule has 56 heavy (non-hydrogen) atoms. The zero-order valence-corrected chi connectivity index (χ0v) is 32.4. The molecule has 0 radical (unpaired) electrons. The van der Waals surface area contributed by atoms with Crippen molar-refractivity contribution in [2.75, 3.05) is 0 Å². The van der Waals surface area contributed by atoms with Gasteiger partial charge in [-0.1, -0.05) is 178 Å². The van der Waals surface area contributed by atoms with Crippen LogP contribution in [0, 0.1) is 0 Å². The van der Waals surface area contributed by atoms with Crippen LogP contribution in [0.5, 0.6) is 0 Å². The van der Waals surface area contributed by atoms with Gasteiger partial charge in [-0.2, -0.15) is 0 Å². The second kappa shape index (κ2) is 13.8. The Bertz CT molecular complexity index is 2950. The number of allylic oxidation sites excluding steroid dienone is 1. The Balaban J connectivity index is 1.04. The summed E-state index contributed by atoms with van der Waals surface area (Å²) >= 11 is 1.88. The summed E-state index contributed by atoms with van der Waals surface area (Å²) in [5.74, 6) is 0. The summed E-state index contributed by atoms with van der Waals surface area (Å²) in [6.07, 6.45) is 2.69. The van der Waals surface area contributed by atoms with Crippen LogP contribution in [0.25, 0.3) is 70.0 Å². The molecule has 1 atom stereocenters. The summed E-state index contributed by atoms with van der Waals surface area (Å²) < 4.78 is 2.65. The zero-order valence-electron chi connectivity index (χ0n) is 31.6. The minimum absolute atomic E-state index is 0.0865. The molecule has 0 saturated heterocycles. The topological polar surface area (TPSA) is 38.0 Å². The standard InChI is InChI=1S/C53H42N2S/c1-53(2)46-24-13-21-41(50(46)45-32-38-17-6-7-18-39(38)33-47(45)53)35-26-28-36(29-27-35)48(55-52(54)37-15-4-3-5-16-37)31-30-34-14-8-9-19-40(34)43-22-12-23-44-42-20-10-11-25-49(42)56-51(43)44/h3-29,31-33,52,55H,30,54H2,1-2H3/b48-31-. The van der Waals surface area contributed by atoms with E-state index in [1.165, 1.54) is 81.0 Å². The quantitative estimate of drug-likeness (QED) is 0.152. The van der Waals surface area contributed by atoms with Crippen LogP contribution in [0.2, 0.25) is 0 Å². The van der Waals surface area contributed by atoms with E-state index in [1.54, 1.807) is 0 Å². The fourth-order valence-corrected chi connectivity index (χ4v) is 10.1. The lowest BCUT2D eigenvalue weighted by molar-refractivity contribution is 0.661. The number of hydrogen-bond acceptors (Lipinski definition) is 3. The van der Waals surface area contributed by atoms with Crippen molar-refractivity contribution in [2.45, 2.75) is 31.8 Å². The van der Waals surface area contributed by atoms with Crippen molar-refractivity contribution in [3.63, 3.8) is 0 Å². The van der Waals surface area contributed by atoms with Gasteiger partial charge in [0.1, 0.15) is 6.17 Å². The van der Waals surface area contributed by atoms with E-state index in [0.717, 1.165) is 23.2 Å². The number of nitrogens with two attached hydrogens (primary N) is 1. The Hall–Kier alpha value is -6.26. The van der Waals surface area contributed by atoms with Gasteiger partial charge in [-0.05, 0) is 96.6 Å². The molecule has 1 aromatic heterocycles. The Morgan fingerprint density at radius 2 is 1.27 bits per heavy atom. The van der Waals surface area contributed by atoms with Crippen molar-refractivity contribution >= 4 is 48.0 Å². The van der Waals surface area contributed by atoms with Gasteiger partial charge in [-0.15, -0.1) is 11.3 Å². The molecule has 0 fully saturated rings. The number of thiophene rings is 1. The first-order valence-electron chi connectivity index (χ1n) is 19.5. The number of nitrogens with one attached hydrogen (secondary N) is 1. The van der Waals surface area contributed by atoms with Crippen molar-refractivity contribution in [1.29, 1.82) is 0 Å². The van der Waals surface area contributed by atoms with Gasteiger partial charge in [0, 0.05) is 31.3 Å². The Kier molecular flexibility index (Phi) is 8.44. The van der Waals surface area contributed by atoms with Crippen LogP contribution < -0.4 is 11.1 Å². The highest BCUT2D eigenvalue weighted by Gasteiger charge is 2.37. The van der Waals surface area contributed by atoms with Gasteiger partial charge in [0.05, 0.1) is 0 Å². The first-order valence-corrected chi connectivity index (χ1v) is 20.3. The molecule has 2 nitrogen and oxygen atoms in total. The van der Waals surface area contributed by atoms with Crippen molar-refractivity contribution in [3.05, 3.63) is 210 Å². The molecule has 3 N–H and O–H groups in total. The fraction of sp³-hybridized carbons (Fsp3) is 0.0943. The molecule has 8 aromatic carbocycles. The third-order valence-corrected chi connectivity index (χ3v) is 13.0. The summed E-state index contributed by atoms with van der Waals surface area (Å²) in [5.41, 5.74) is 21.7. The number of fused-ring (bicyclic) bond motifs is 7. The lowest BCUT2D eigenvalue weighted by atomic mass is 9.81. The average molecular weight is 739 g/mol. The summed E-state index contributed by atoms with van der Waals surface area (Å²) in [7, 11) is 0. The van der Waals surface area contributed by atoms with Gasteiger partial charge >= 0.3 is 0 Å². The Morgan fingerprint density at radius 3 is 2.11 bits per heavy atom. The third-order valence-electron chi connectivity index (χ3n) is 11.8. The maximum Gasteiger partial charge on any atom is 0.101 e. The molecule has 0 amide bonds. The van der Waals surface area contributed by atoms with Crippen LogP contribution in [0.15, 0.2) is 182 Å². The molecule has 0 spiro atoms. The van der Waals surface area contributed by atoms with Crippen LogP contribution in [0.4, 0.5) is 0 Å². The molecule has 9 aromatic rings. The number of benzene rings is 8. The molecule has 1 aliphatic carbocycles. The van der Waals surface area contributed by atoms with Gasteiger partial charge in [0.25, 0.3) is 0 Å². The van der Waals surface area contributed by atoms with Crippen LogP contribution in [-0.2, 0) is 11.8 Å². The Labute approximate surface area is 332 Å². The molecule has 0 saturated carbocycles. The van der Waals surface area contributed by atoms with Crippen molar-refractivity contribution < 1.29 is 0 Å². The fourth-order valence-electron chi connectivity index (χ4n) is 8.85. The first kappa shape index (κ1) is 34.2. The molecule has 3 heteroatoms. The van der Waals surface area contributed by atoms with E-state index in [0.29, 0.717) is 0 Å².